The minimum Gasteiger partial charge on any atom is -0.367 e. The van der Waals surface area contributed by atoms with E-state index in [0.717, 1.165) is 0 Å². The van der Waals surface area contributed by atoms with Crippen LogP contribution >= 0.6 is 0 Å². The van der Waals surface area contributed by atoms with Crippen LogP contribution in [0.2, 0.25) is 0 Å². The van der Waals surface area contributed by atoms with Crippen LogP contribution in [0.5, 0.6) is 0 Å². The number of nitrogen functional groups attached to an aromatic ring is 1. The van der Waals surface area contributed by atoms with Crippen LogP contribution in [-0.4, -0.2) is 15.2 Å². The van der Waals surface area contributed by atoms with Gasteiger partial charge in [-0.1, -0.05) is 0 Å². The third-order valence-electron chi connectivity index (χ3n) is 0.796. The molecule has 3 N–H and O–H groups in total. The van der Waals surface area contributed by atoms with Crippen LogP contribution in [0.4, 0.5) is 5.95 Å². The third-order valence-corrected chi connectivity index (χ3v) is 0.796. The van der Waals surface area contributed by atoms with E-state index < -0.39 is 0 Å². The van der Waals surface area contributed by atoms with Gasteiger partial charge < -0.3 is 5.73 Å². The Morgan fingerprint density at radius 1 is 1.78 bits per heavy atom. The molecule has 1 aromatic heterocycles. The summed E-state index contributed by atoms with van der Waals surface area (Å²) in [6.45, 7) is 0. The standard InChI is InChI=1S/C4H5N5/c5-2-1-3-7-4(6)9-8-3/h1H2,(H3,6,7,8,9). The highest BCUT2D eigenvalue weighted by Crippen LogP contribution is 1.91. The Kier molecular flexibility index (Phi) is 1.32. The molecule has 9 heavy (non-hydrogen) atoms. The fraction of sp³-hybridized carbons (Fsp3) is 0.250. The summed E-state index contributed by atoms with van der Waals surface area (Å²) in [6.07, 6.45) is 0.226. The number of nitrogens with one attached hydrogen (secondary N) is 1. The van der Waals surface area contributed by atoms with Gasteiger partial charge in [0.15, 0.2) is 0 Å². The minimum absolute atomic E-state index is 0.181. The second-order valence-corrected chi connectivity index (χ2v) is 1.48. The lowest BCUT2D eigenvalue weighted by atomic mass is 10.5. The lowest BCUT2D eigenvalue weighted by Crippen LogP contribution is -1.86. The highest BCUT2D eigenvalue weighted by molar-refractivity contribution is 5.13. The van der Waals surface area contributed by atoms with Crippen molar-refractivity contribution < 1.29 is 0 Å². The van der Waals surface area contributed by atoms with E-state index in [1.807, 2.05) is 6.07 Å². The number of aromatic nitrogens is 3. The number of nitriles is 1. The molecule has 1 aromatic rings. The van der Waals surface area contributed by atoms with Gasteiger partial charge >= 0.3 is 0 Å². The van der Waals surface area contributed by atoms with E-state index in [0.29, 0.717) is 5.82 Å². The normalized spacial score (nSPS) is 8.78. The molecule has 0 atom stereocenters. The molecule has 0 unspecified atom stereocenters. The van der Waals surface area contributed by atoms with Gasteiger partial charge in [0.2, 0.25) is 5.95 Å². The maximum atomic E-state index is 8.15. The summed E-state index contributed by atoms with van der Waals surface area (Å²) >= 11 is 0. The average molecular weight is 123 g/mol. The second-order valence-electron chi connectivity index (χ2n) is 1.48. The number of H-pyrrole nitrogens is 1. The highest BCUT2D eigenvalue weighted by Gasteiger charge is 1.95. The monoisotopic (exact) mass is 123 g/mol. The van der Waals surface area contributed by atoms with Gasteiger partial charge in [0.1, 0.15) is 5.82 Å². The molecule has 0 bridgehead atoms. The van der Waals surface area contributed by atoms with Crippen LogP contribution < -0.4 is 5.73 Å². The Hall–Kier alpha value is -1.57. The van der Waals surface area contributed by atoms with Crippen molar-refractivity contribution in [2.24, 2.45) is 0 Å². The van der Waals surface area contributed by atoms with Crippen molar-refractivity contribution in [3.8, 4) is 6.07 Å². The van der Waals surface area contributed by atoms with Crippen molar-refractivity contribution in [3.63, 3.8) is 0 Å². The summed E-state index contributed by atoms with van der Waals surface area (Å²) in [5.41, 5.74) is 5.15. The Morgan fingerprint density at radius 2 is 2.56 bits per heavy atom. The van der Waals surface area contributed by atoms with Crippen LogP contribution in [0.15, 0.2) is 0 Å². The summed E-state index contributed by atoms with van der Waals surface area (Å²) in [5.74, 6) is 0.690. The molecule has 0 radical (unpaired) electrons. The van der Waals surface area contributed by atoms with E-state index in [2.05, 4.69) is 15.2 Å². The fourth-order valence-corrected chi connectivity index (χ4v) is 0.464. The first-order chi connectivity index (χ1) is 4.33. The molecule has 46 valence electrons. The largest absolute Gasteiger partial charge is 0.367 e. The lowest BCUT2D eigenvalue weighted by Gasteiger charge is -1.76. The van der Waals surface area contributed by atoms with E-state index in [-0.39, 0.29) is 12.4 Å². The topological polar surface area (TPSA) is 91.4 Å². The third kappa shape index (κ3) is 1.16. The highest BCUT2D eigenvalue weighted by atomic mass is 15.3. The summed E-state index contributed by atoms with van der Waals surface area (Å²) in [4.78, 5) is 3.69. The van der Waals surface area contributed by atoms with Gasteiger partial charge in [-0.05, 0) is 0 Å². The number of aromatic amines is 1. The zero-order valence-electron chi connectivity index (χ0n) is 4.63. The SMILES string of the molecule is N#CCc1nc(N)n[nH]1. The molecule has 0 aliphatic carbocycles. The van der Waals surface area contributed by atoms with Gasteiger partial charge in [-0.15, -0.1) is 5.10 Å². The molecule has 0 spiro atoms. The summed E-state index contributed by atoms with van der Waals surface area (Å²) in [5, 5.41) is 14.2. The number of nitrogens with two attached hydrogens (primary N) is 1. The van der Waals surface area contributed by atoms with E-state index in [1.165, 1.54) is 0 Å². The Bertz CT molecular complexity index is 231. The molecule has 5 heteroatoms. The van der Waals surface area contributed by atoms with Crippen molar-refractivity contribution in [2.75, 3.05) is 5.73 Å². The van der Waals surface area contributed by atoms with Crippen LogP contribution in [0, 0.1) is 11.3 Å². The Morgan fingerprint density at radius 3 is 3.00 bits per heavy atom. The molecule has 0 fully saturated rings. The molecule has 5 nitrogen and oxygen atoms in total. The van der Waals surface area contributed by atoms with Crippen LogP contribution in [-0.2, 0) is 6.42 Å². The van der Waals surface area contributed by atoms with Crippen molar-refractivity contribution in [3.05, 3.63) is 5.82 Å². The van der Waals surface area contributed by atoms with Crippen molar-refractivity contribution in [1.29, 1.82) is 5.26 Å². The maximum Gasteiger partial charge on any atom is 0.239 e. The molecular weight excluding hydrogens is 118 g/mol. The zero-order chi connectivity index (χ0) is 6.69. The predicted molar refractivity (Wildman–Crippen MR) is 30.1 cm³/mol. The van der Waals surface area contributed by atoms with Crippen LogP contribution in [0.1, 0.15) is 5.82 Å². The van der Waals surface area contributed by atoms with Crippen LogP contribution in [0.3, 0.4) is 0 Å². The van der Waals surface area contributed by atoms with Gasteiger partial charge in [-0.25, -0.2) is 0 Å². The maximum absolute atomic E-state index is 8.15. The Balaban J connectivity index is 2.76. The Labute approximate surface area is 51.5 Å². The van der Waals surface area contributed by atoms with Gasteiger partial charge in [-0.3, -0.25) is 5.10 Å². The van der Waals surface area contributed by atoms with Crippen molar-refractivity contribution in [2.45, 2.75) is 6.42 Å². The van der Waals surface area contributed by atoms with Crippen molar-refractivity contribution >= 4 is 5.95 Å². The summed E-state index contributed by atoms with van der Waals surface area (Å²) in [7, 11) is 0. The van der Waals surface area contributed by atoms with Gasteiger partial charge in [0.05, 0.1) is 12.5 Å². The van der Waals surface area contributed by atoms with Gasteiger partial charge in [-0.2, -0.15) is 10.2 Å². The van der Waals surface area contributed by atoms with E-state index in [9.17, 15) is 0 Å². The molecule has 0 saturated carbocycles. The van der Waals surface area contributed by atoms with E-state index in [1.54, 1.807) is 0 Å². The first-order valence-corrected chi connectivity index (χ1v) is 2.36. The molecule has 1 rings (SSSR count). The number of nitrogens with zero attached hydrogens (tertiary/aromatic N) is 3. The summed E-state index contributed by atoms with van der Waals surface area (Å²) < 4.78 is 0. The quantitative estimate of drug-likeness (QED) is 0.524. The fourth-order valence-electron chi connectivity index (χ4n) is 0.464. The van der Waals surface area contributed by atoms with Crippen LogP contribution in [0.25, 0.3) is 0 Å². The number of hydrogen-bond donors (Lipinski definition) is 2. The minimum atomic E-state index is 0.181. The molecular formula is C4H5N5. The average Bonchev–Trinajstić information content (AvgIpc) is 2.17. The zero-order valence-corrected chi connectivity index (χ0v) is 4.63. The van der Waals surface area contributed by atoms with Crippen molar-refractivity contribution in [1.82, 2.24) is 15.2 Å². The van der Waals surface area contributed by atoms with E-state index in [4.69, 9.17) is 11.0 Å². The smallest absolute Gasteiger partial charge is 0.239 e. The molecule has 1 heterocycles. The first kappa shape index (κ1) is 5.56. The molecule has 0 aromatic carbocycles. The first-order valence-electron chi connectivity index (χ1n) is 2.36. The number of rotatable bonds is 1. The second kappa shape index (κ2) is 2.13. The lowest BCUT2D eigenvalue weighted by molar-refractivity contribution is 0.996. The van der Waals surface area contributed by atoms with Gasteiger partial charge in [0.25, 0.3) is 0 Å². The predicted octanol–water partition coefficient (Wildman–Crippen LogP) is -0.547. The number of hydrogen-bond acceptors (Lipinski definition) is 4. The number of anilines is 1. The molecule has 0 amide bonds. The molecule has 0 aliphatic rings. The summed E-state index contributed by atoms with van der Waals surface area (Å²) in [6, 6.07) is 1.91. The van der Waals surface area contributed by atoms with E-state index >= 15 is 0 Å². The van der Waals surface area contributed by atoms with Gasteiger partial charge in [0, 0.05) is 0 Å². The molecule has 0 aliphatic heterocycles. The molecule has 0 saturated heterocycles.